The van der Waals surface area contributed by atoms with Crippen molar-refractivity contribution >= 4 is 5.78 Å². The summed E-state index contributed by atoms with van der Waals surface area (Å²) in [6.45, 7) is 0. The lowest BCUT2D eigenvalue weighted by molar-refractivity contribution is 0.0338. The summed E-state index contributed by atoms with van der Waals surface area (Å²) in [6.07, 6.45) is 7.65. The van der Waals surface area contributed by atoms with Crippen LogP contribution in [0.5, 0.6) is 0 Å². The Morgan fingerprint density at radius 2 is 1.75 bits per heavy atom. The van der Waals surface area contributed by atoms with Crippen molar-refractivity contribution in [1.29, 1.82) is 0 Å². The monoisotopic (exact) mass is 320 g/mol. The van der Waals surface area contributed by atoms with E-state index in [1.807, 2.05) is 42.5 Å². The van der Waals surface area contributed by atoms with Crippen molar-refractivity contribution in [3.8, 4) is 11.3 Å². The molecule has 2 aromatic rings. The number of Topliss-reactive ketones (excluding diaryl/α,β-unsaturated/α-hetero) is 1. The Morgan fingerprint density at radius 1 is 1.04 bits per heavy atom. The molecule has 2 unspecified atom stereocenters. The van der Waals surface area contributed by atoms with Crippen LogP contribution in [0.1, 0.15) is 42.5 Å². The molecular formula is C21H24N2O. The molecule has 124 valence electrons. The average Bonchev–Trinajstić information content (AvgIpc) is 2.62. The van der Waals surface area contributed by atoms with Gasteiger partial charge in [-0.15, -0.1) is 0 Å². The number of piperidine rings is 2. The maximum atomic E-state index is 13.0. The van der Waals surface area contributed by atoms with Crippen LogP contribution in [-0.2, 0) is 0 Å². The van der Waals surface area contributed by atoms with E-state index < -0.39 is 0 Å². The van der Waals surface area contributed by atoms with Crippen molar-refractivity contribution < 1.29 is 4.79 Å². The Balaban J connectivity index is 1.51. The summed E-state index contributed by atoms with van der Waals surface area (Å²) < 4.78 is 0. The predicted octanol–water partition coefficient (Wildman–Crippen LogP) is 4.19. The quantitative estimate of drug-likeness (QED) is 0.795. The minimum Gasteiger partial charge on any atom is -0.300 e. The van der Waals surface area contributed by atoms with Gasteiger partial charge in [-0.1, -0.05) is 36.8 Å². The van der Waals surface area contributed by atoms with Gasteiger partial charge < -0.3 is 4.90 Å². The minimum atomic E-state index is 0.192. The van der Waals surface area contributed by atoms with E-state index in [1.165, 1.54) is 19.3 Å². The molecule has 2 bridgehead atoms. The van der Waals surface area contributed by atoms with Crippen LogP contribution in [0, 0.1) is 5.92 Å². The van der Waals surface area contributed by atoms with E-state index in [1.54, 1.807) is 6.20 Å². The molecule has 2 aliphatic rings. The molecule has 3 heterocycles. The van der Waals surface area contributed by atoms with Crippen LogP contribution in [0.2, 0.25) is 0 Å². The van der Waals surface area contributed by atoms with Gasteiger partial charge in [0.1, 0.15) is 0 Å². The van der Waals surface area contributed by atoms with Crippen LogP contribution >= 0.6 is 0 Å². The van der Waals surface area contributed by atoms with Crippen molar-refractivity contribution in [2.24, 2.45) is 5.92 Å². The SMILES string of the molecule is CN1C2CCCC1CC(C(=O)c1ccc(-c3ccccn3)cc1)C2. The molecule has 2 fully saturated rings. The molecule has 3 heteroatoms. The number of carbonyl (C=O) groups is 1. The van der Waals surface area contributed by atoms with Crippen LogP contribution in [0.4, 0.5) is 0 Å². The molecule has 0 aliphatic carbocycles. The third kappa shape index (κ3) is 2.89. The summed E-state index contributed by atoms with van der Waals surface area (Å²) in [5, 5.41) is 0. The molecule has 4 rings (SSSR count). The largest absolute Gasteiger partial charge is 0.300 e. The highest BCUT2D eigenvalue weighted by atomic mass is 16.1. The lowest BCUT2D eigenvalue weighted by Gasteiger charge is -2.46. The van der Waals surface area contributed by atoms with E-state index in [9.17, 15) is 4.79 Å². The van der Waals surface area contributed by atoms with Gasteiger partial charge in [-0.05, 0) is 44.9 Å². The number of nitrogens with zero attached hydrogens (tertiary/aromatic N) is 2. The van der Waals surface area contributed by atoms with Crippen LogP contribution in [0.3, 0.4) is 0 Å². The first-order chi connectivity index (χ1) is 11.7. The molecule has 3 nitrogen and oxygen atoms in total. The Morgan fingerprint density at radius 3 is 2.38 bits per heavy atom. The fourth-order valence-electron chi connectivity index (χ4n) is 4.40. The van der Waals surface area contributed by atoms with E-state index in [0.29, 0.717) is 17.9 Å². The zero-order valence-electron chi connectivity index (χ0n) is 14.2. The summed E-state index contributed by atoms with van der Waals surface area (Å²) in [4.78, 5) is 19.8. The van der Waals surface area contributed by atoms with E-state index >= 15 is 0 Å². The number of hydrogen-bond acceptors (Lipinski definition) is 3. The van der Waals surface area contributed by atoms with Crippen LogP contribution in [-0.4, -0.2) is 34.8 Å². The van der Waals surface area contributed by atoms with Gasteiger partial charge in [0.05, 0.1) is 5.69 Å². The van der Waals surface area contributed by atoms with E-state index in [2.05, 4.69) is 16.9 Å². The molecule has 2 atom stereocenters. The Labute approximate surface area is 143 Å². The van der Waals surface area contributed by atoms with Gasteiger partial charge >= 0.3 is 0 Å². The first kappa shape index (κ1) is 15.5. The number of ketones is 1. The molecule has 2 aliphatic heterocycles. The normalized spacial score (nSPS) is 27.0. The second-order valence-corrected chi connectivity index (χ2v) is 7.23. The first-order valence-corrected chi connectivity index (χ1v) is 9.00. The first-order valence-electron chi connectivity index (χ1n) is 9.00. The fraction of sp³-hybridized carbons (Fsp3) is 0.429. The molecule has 0 spiro atoms. The van der Waals surface area contributed by atoms with Crippen molar-refractivity contribution in [2.75, 3.05) is 7.05 Å². The highest BCUT2D eigenvalue weighted by Crippen LogP contribution is 2.37. The Bertz CT molecular complexity index is 696. The number of pyridine rings is 1. The smallest absolute Gasteiger partial charge is 0.166 e. The van der Waals surface area contributed by atoms with Gasteiger partial charge in [0, 0.05) is 35.3 Å². The Hall–Kier alpha value is -2.00. The standard InChI is InChI=1S/C21H24N2O/c1-23-18-5-4-6-19(23)14-17(13-18)21(24)16-10-8-15(9-11-16)20-7-2-3-12-22-20/h2-3,7-12,17-19H,4-6,13-14H2,1H3. The second-order valence-electron chi connectivity index (χ2n) is 7.23. The number of aromatic nitrogens is 1. The maximum Gasteiger partial charge on any atom is 0.166 e. The predicted molar refractivity (Wildman–Crippen MR) is 95.9 cm³/mol. The summed E-state index contributed by atoms with van der Waals surface area (Å²) in [6, 6.07) is 15.1. The highest BCUT2D eigenvalue weighted by Gasteiger charge is 2.38. The third-order valence-corrected chi connectivity index (χ3v) is 5.84. The number of carbonyl (C=O) groups excluding carboxylic acids is 1. The van der Waals surface area contributed by atoms with Crippen molar-refractivity contribution in [3.05, 3.63) is 54.2 Å². The highest BCUT2D eigenvalue weighted by molar-refractivity contribution is 5.98. The number of hydrogen-bond donors (Lipinski definition) is 0. The molecular weight excluding hydrogens is 296 g/mol. The number of rotatable bonds is 3. The van der Waals surface area contributed by atoms with Crippen LogP contribution in [0.15, 0.2) is 48.7 Å². The summed E-state index contributed by atoms with van der Waals surface area (Å²) >= 11 is 0. The fourth-order valence-corrected chi connectivity index (χ4v) is 4.40. The van der Waals surface area contributed by atoms with Gasteiger partial charge in [0.15, 0.2) is 5.78 Å². The molecule has 2 saturated heterocycles. The van der Waals surface area contributed by atoms with Gasteiger partial charge in [0.2, 0.25) is 0 Å². The second kappa shape index (κ2) is 6.48. The van der Waals surface area contributed by atoms with Gasteiger partial charge in [-0.25, -0.2) is 0 Å². The van der Waals surface area contributed by atoms with Crippen LogP contribution < -0.4 is 0 Å². The number of benzene rings is 1. The van der Waals surface area contributed by atoms with Crippen molar-refractivity contribution in [3.63, 3.8) is 0 Å². The van der Waals surface area contributed by atoms with Gasteiger partial charge in [-0.2, -0.15) is 0 Å². The van der Waals surface area contributed by atoms with Crippen molar-refractivity contribution in [2.45, 2.75) is 44.2 Å². The summed E-state index contributed by atoms with van der Waals surface area (Å²) in [5.74, 6) is 0.518. The molecule has 0 saturated carbocycles. The van der Waals surface area contributed by atoms with E-state index in [4.69, 9.17) is 0 Å². The summed E-state index contributed by atoms with van der Waals surface area (Å²) in [5.41, 5.74) is 2.86. The average molecular weight is 320 g/mol. The van der Waals surface area contributed by atoms with E-state index in [-0.39, 0.29) is 5.92 Å². The van der Waals surface area contributed by atoms with Gasteiger partial charge in [0.25, 0.3) is 0 Å². The van der Waals surface area contributed by atoms with Gasteiger partial charge in [-0.3, -0.25) is 9.78 Å². The lowest BCUT2D eigenvalue weighted by atomic mass is 9.76. The molecule has 0 radical (unpaired) electrons. The zero-order valence-corrected chi connectivity index (χ0v) is 14.2. The zero-order chi connectivity index (χ0) is 16.5. The maximum absolute atomic E-state index is 13.0. The van der Waals surface area contributed by atoms with Crippen LogP contribution in [0.25, 0.3) is 11.3 Å². The third-order valence-electron chi connectivity index (χ3n) is 5.84. The molecule has 0 N–H and O–H groups in total. The minimum absolute atomic E-state index is 0.192. The number of fused-ring (bicyclic) bond motifs is 2. The molecule has 1 aromatic carbocycles. The van der Waals surface area contributed by atoms with E-state index in [0.717, 1.165) is 29.7 Å². The molecule has 1 aromatic heterocycles. The molecule has 0 amide bonds. The Kier molecular flexibility index (Phi) is 4.19. The molecule has 24 heavy (non-hydrogen) atoms. The lowest BCUT2D eigenvalue weighted by Crippen LogP contribution is -2.51. The van der Waals surface area contributed by atoms with Crippen molar-refractivity contribution in [1.82, 2.24) is 9.88 Å². The summed E-state index contributed by atoms with van der Waals surface area (Å²) in [7, 11) is 2.23. The topological polar surface area (TPSA) is 33.2 Å².